The van der Waals surface area contributed by atoms with Crippen molar-refractivity contribution >= 4 is 11.7 Å². The molecule has 0 aromatic heterocycles. The normalized spacial score (nSPS) is 14.7. The highest BCUT2D eigenvalue weighted by atomic mass is 16.4. The summed E-state index contributed by atoms with van der Waals surface area (Å²) in [6.07, 6.45) is 0.340. The Kier molecular flexibility index (Phi) is 2.76. The van der Waals surface area contributed by atoms with Crippen molar-refractivity contribution in [1.29, 1.82) is 0 Å². The molecule has 0 fully saturated rings. The van der Waals surface area contributed by atoms with E-state index in [1.54, 1.807) is 31.2 Å². The number of benzene rings is 1. The lowest BCUT2D eigenvalue weighted by Crippen LogP contribution is -2.44. The van der Waals surface area contributed by atoms with Gasteiger partial charge < -0.3 is 16.6 Å². The lowest BCUT2D eigenvalue weighted by atomic mass is 9.88. The standard InChI is InChI=1S/C10H14N2O2/c1-2-10(12,9(13)14)7-3-5-8(11)6-4-7/h3-6H,2,11-12H2,1H3,(H,13,14)/t10-/m1/s1. The molecule has 1 aromatic carbocycles. The van der Waals surface area contributed by atoms with Crippen LogP contribution in [-0.4, -0.2) is 11.1 Å². The Morgan fingerprint density at radius 1 is 1.43 bits per heavy atom. The number of anilines is 1. The van der Waals surface area contributed by atoms with Crippen LogP contribution in [0.2, 0.25) is 0 Å². The third-order valence-electron chi connectivity index (χ3n) is 2.37. The highest BCUT2D eigenvalue weighted by Gasteiger charge is 2.33. The fourth-order valence-electron chi connectivity index (χ4n) is 1.26. The van der Waals surface area contributed by atoms with Crippen molar-refractivity contribution in [3.63, 3.8) is 0 Å². The van der Waals surface area contributed by atoms with E-state index >= 15 is 0 Å². The number of rotatable bonds is 3. The minimum atomic E-state index is -1.31. The van der Waals surface area contributed by atoms with Gasteiger partial charge in [0.1, 0.15) is 5.54 Å². The SMILES string of the molecule is CC[C@](N)(C(=O)O)c1ccc(N)cc1. The molecule has 0 radical (unpaired) electrons. The molecule has 0 aliphatic carbocycles. The zero-order valence-electron chi connectivity index (χ0n) is 8.03. The first-order chi connectivity index (χ1) is 6.50. The third-order valence-corrected chi connectivity index (χ3v) is 2.37. The van der Waals surface area contributed by atoms with E-state index in [9.17, 15) is 4.79 Å². The zero-order chi connectivity index (χ0) is 10.8. The van der Waals surface area contributed by atoms with Gasteiger partial charge in [-0.2, -0.15) is 0 Å². The van der Waals surface area contributed by atoms with E-state index in [0.717, 1.165) is 0 Å². The molecule has 4 heteroatoms. The molecule has 0 amide bonds. The van der Waals surface area contributed by atoms with Gasteiger partial charge in [0.15, 0.2) is 0 Å². The summed E-state index contributed by atoms with van der Waals surface area (Å²) in [5.41, 5.74) is 11.1. The maximum Gasteiger partial charge on any atom is 0.328 e. The van der Waals surface area contributed by atoms with Crippen LogP contribution in [0.4, 0.5) is 5.69 Å². The van der Waals surface area contributed by atoms with E-state index in [-0.39, 0.29) is 0 Å². The number of carboxylic acids is 1. The number of aliphatic carboxylic acids is 1. The van der Waals surface area contributed by atoms with Crippen LogP contribution in [0.15, 0.2) is 24.3 Å². The van der Waals surface area contributed by atoms with E-state index in [1.165, 1.54) is 0 Å². The molecule has 0 aliphatic rings. The smallest absolute Gasteiger partial charge is 0.328 e. The molecule has 1 aromatic rings. The summed E-state index contributed by atoms with van der Waals surface area (Å²) in [7, 11) is 0. The first kappa shape index (κ1) is 10.5. The van der Waals surface area contributed by atoms with Crippen LogP contribution in [0, 0.1) is 0 Å². The number of nitrogens with two attached hydrogens (primary N) is 2. The predicted molar refractivity (Wildman–Crippen MR) is 54.6 cm³/mol. The van der Waals surface area contributed by atoms with Gasteiger partial charge in [-0.05, 0) is 24.1 Å². The molecule has 1 rings (SSSR count). The number of hydrogen-bond donors (Lipinski definition) is 3. The van der Waals surface area contributed by atoms with Crippen LogP contribution >= 0.6 is 0 Å². The number of carbonyl (C=O) groups is 1. The highest BCUT2D eigenvalue weighted by molar-refractivity contribution is 5.80. The van der Waals surface area contributed by atoms with Crippen LogP contribution in [0.5, 0.6) is 0 Å². The minimum absolute atomic E-state index is 0.340. The van der Waals surface area contributed by atoms with Crippen LogP contribution in [0.3, 0.4) is 0 Å². The molecule has 0 aliphatic heterocycles. The van der Waals surface area contributed by atoms with Crippen LogP contribution in [0.1, 0.15) is 18.9 Å². The first-order valence-corrected chi connectivity index (χ1v) is 4.39. The molecule has 0 saturated heterocycles. The molecule has 1 atom stereocenters. The summed E-state index contributed by atoms with van der Waals surface area (Å²) in [6.45, 7) is 1.74. The fourth-order valence-corrected chi connectivity index (χ4v) is 1.26. The number of hydrogen-bond acceptors (Lipinski definition) is 3. The quantitative estimate of drug-likeness (QED) is 0.624. The van der Waals surface area contributed by atoms with Crippen molar-refractivity contribution in [2.24, 2.45) is 5.73 Å². The molecule has 14 heavy (non-hydrogen) atoms. The van der Waals surface area contributed by atoms with Crippen LogP contribution in [-0.2, 0) is 10.3 Å². The number of carboxylic acid groups (broad SMARTS) is 1. The van der Waals surface area contributed by atoms with Crippen molar-refractivity contribution in [3.8, 4) is 0 Å². The van der Waals surface area contributed by atoms with E-state index in [4.69, 9.17) is 16.6 Å². The second-order valence-corrected chi connectivity index (χ2v) is 3.25. The molecule has 0 saturated carbocycles. The van der Waals surface area contributed by atoms with Gasteiger partial charge in [0.05, 0.1) is 0 Å². The van der Waals surface area contributed by atoms with Crippen molar-refractivity contribution in [1.82, 2.24) is 0 Å². The number of nitrogen functional groups attached to an aromatic ring is 1. The van der Waals surface area contributed by atoms with Gasteiger partial charge in [-0.3, -0.25) is 0 Å². The summed E-state index contributed by atoms with van der Waals surface area (Å²) in [5, 5.41) is 9.00. The highest BCUT2D eigenvalue weighted by Crippen LogP contribution is 2.23. The third kappa shape index (κ3) is 1.70. The first-order valence-electron chi connectivity index (χ1n) is 4.39. The summed E-state index contributed by atoms with van der Waals surface area (Å²) >= 11 is 0. The molecule has 0 unspecified atom stereocenters. The van der Waals surface area contributed by atoms with Crippen molar-refractivity contribution < 1.29 is 9.90 Å². The van der Waals surface area contributed by atoms with Crippen molar-refractivity contribution in [2.75, 3.05) is 5.73 Å². The lowest BCUT2D eigenvalue weighted by Gasteiger charge is -2.23. The average molecular weight is 194 g/mol. The van der Waals surface area contributed by atoms with Crippen molar-refractivity contribution in [3.05, 3.63) is 29.8 Å². The van der Waals surface area contributed by atoms with Gasteiger partial charge in [0.2, 0.25) is 0 Å². The lowest BCUT2D eigenvalue weighted by molar-refractivity contribution is -0.143. The minimum Gasteiger partial charge on any atom is -0.480 e. The summed E-state index contributed by atoms with van der Waals surface area (Å²) in [4.78, 5) is 11.0. The second kappa shape index (κ2) is 3.67. The molecule has 5 N–H and O–H groups in total. The Morgan fingerprint density at radius 2 is 1.93 bits per heavy atom. The maximum atomic E-state index is 11.0. The summed E-state index contributed by atoms with van der Waals surface area (Å²) in [6, 6.07) is 6.59. The summed E-state index contributed by atoms with van der Waals surface area (Å²) in [5.74, 6) is -1.02. The largest absolute Gasteiger partial charge is 0.480 e. The molecular weight excluding hydrogens is 180 g/mol. The van der Waals surface area contributed by atoms with Gasteiger partial charge in [0, 0.05) is 5.69 Å². The monoisotopic (exact) mass is 194 g/mol. The van der Waals surface area contributed by atoms with Gasteiger partial charge in [0.25, 0.3) is 0 Å². The molecule has 0 bridgehead atoms. The topological polar surface area (TPSA) is 89.3 Å². The van der Waals surface area contributed by atoms with E-state index in [0.29, 0.717) is 17.7 Å². The molecule has 76 valence electrons. The second-order valence-electron chi connectivity index (χ2n) is 3.25. The van der Waals surface area contributed by atoms with Crippen molar-refractivity contribution in [2.45, 2.75) is 18.9 Å². The Morgan fingerprint density at radius 3 is 2.29 bits per heavy atom. The van der Waals surface area contributed by atoms with E-state index in [1.807, 2.05) is 0 Å². The summed E-state index contributed by atoms with van der Waals surface area (Å²) < 4.78 is 0. The van der Waals surface area contributed by atoms with E-state index < -0.39 is 11.5 Å². The molecule has 0 heterocycles. The zero-order valence-corrected chi connectivity index (χ0v) is 8.03. The van der Waals surface area contributed by atoms with Crippen LogP contribution < -0.4 is 11.5 Å². The van der Waals surface area contributed by atoms with E-state index in [2.05, 4.69) is 0 Å². The van der Waals surface area contributed by atoms with Gasteiger partial charge >= 0.3 is 5.97 Å². The Balaban J connectivity index is 3.13. The van der Waals surface area contributed by atoms with Gasteiger partial charge in [-0.15, -0.1) is 0 Å². The Labute approximate surface area is 82.5 Å². The predicted octanol–water partition coefficient (Wildman–Crippen LogP) is 0.917. The van der Waals surface area contributed by atoms with Crippen LogP contribution in [0.25, 0.3) is 0 Å². The Hall–Kier alpha value is -1.55. The van der Waals surface area contributed by atoms with Gasteiger partial charge in [-0.1, -0.05) is 19.1 Å². The van der Waals surface area contributed by atoms with Gasteiger partial charge in [-0.25, -0.2) is 4.79 Å². The average Bonchev–Trinajstić information content (AvgIpc) is 2.17. The molecular formula is C10H14N2O2. The molecule has 4 nitrogen and oxygen atoms in total. The molecule has 0 spiro atoms. The fraction of sp³-hybridized carbons (Fsp3) is 0.300. The Bertz CT molecular complexity index is 334. The maximum absolute atomic E-state index is 11.0.